The highest BCUT2D eigenvalue weighted by Crippen LogP contribution is 2.32. The second-order valence-corrected chi connectivity index (χ2v) is 5.05. The molecule has 10 nitrogen and oxygen atoms in total. The number of nitrogens with one attached hydrogen (secondary N) is 1. The third-order valence-electron chi connectivity index (χ3n) is 3.47. The van der Waals surface area contributed by atoms with Gasteiger partial charge in [0.05, 0.1) is 6.61 Å². The number of aromatic amines is 1. The minimum atomic E-state index is -1.36. The van der Waals surface area contributed by atoms with Crippen LogP contribution in [0.2, 0.25) is 0 Å². The van der Waals surface area contributed by atoms with Gasteiger partial charge in [-0.2, -0.15) is 4.98 Å². The van der Waals surface area contributed by atoms with E-state index in [4.69, 9.17) is 27.8 Å². The molecule has 3 heterocycles. The molecule has 1 aliphatic heterocycles. The van der Waals surface area contributed by atoms with Gasteiger partial charge in [0, 0.05) is 5.37 Å². The Bertz CT molecular complexity index is 789. The predicted molar refractivity (Wildman–Crippen MR) is 78.3 cm³/mol. The number of rotatable bonds is 3. The zero-order valence-corrected chi connectivity index (χ0v) is 11.9. The number of H-pyrrole nitrogens is 1. The maximum atomic E-state index is 11.9. The second kappa shape index (κ2) is 5.37. The number of aliphatic hydroxyl groups is 3. The van der Waals surface area contributed by atoms with Gasteiger partial charge >= 0.3 is 0 Å². The lowest BCUT2D eigenvalue weighted by Crippen LogP contribution is -2.33. The highest BCUT2D eigenvalue weighted by atomic mass is 32.1. The van der Waals surface area contributed by atoms with E-state index in [9.17, 15) is 15.0 Å². The van der Waals surface area contributed by atoms with Crippen molar-refractivity contribution < 1.29 is 20.1 Å². The van der Waals surface area contributed by atoms with Gasteiger partial charge in [0.25, 0.3) is 5.56 Å². The molecule has 0 aromatic carbocycles. The number of aromatic nitrogens is 4. The molecule has 118 valence electrons. The van der Waals surface area contributed by atoms with E-state index in [1.54, 1.807) is 0 Å². The van der Waals surface area contributed by atoms with Gasteiger partial charge in [-0.1, -0.05) is 12.2 Å². The van der Waals surface area contributed by atoms with Crippen molar-refractivity contribution in [3.63, 3.8) is 0 Å². The molecule has 11 heteroatoms. The van der Waals surface area contributed by atoms with Crippen LogP contribution >= 0.6 is 12.2 Å². The first kappa shape index (κ1) is 15.0. The number of imidazole rings is 1. The van der Waals surface area contributed by atoms with Gasteiger partial charge in [0.1, 0.15) is 24.1 Å². The third-order valence-corrected chi connectivity index (χ3v) is 3.68. The zero-order valence-electron chi connectivity index (χ0n) is 11.1. The third kappa shape index (κ3) is 2.10. The standard InChI is InChI=1S/C11H13N5O5S/c12-11-14-8-5(9(20)15-11)13-4(2-22)16(8)10-7(19)6(18)3(1-17)21-10/h2-3,6-7,10,17-19H,1H2,(H3,12,14,15,20)/t3-,6-,7-,10-/m1/s1. The summed E-state index contributed by atoms with van der Waals surface area (Å²) in [7, 11) is 0. The van der Waals surface area contributed by atoms with Crippen LogP contribution in [-0.2, 0) is 4.74 Å². The largest absolute Gasteiger partial charge is 0.394 e. The molecule has 1 aliphatic rings. The minimum Gasteiger partial charge on any atom is -0.394 e. The average molecular weight is 327 g/mol. The van der Waals surface area contributed by atoms with Crippen LogP contribution in [0.15, 0.2) is 4.79 Å². The zero-order chi connectivity index (χ0) is 16.0. The number of hydrogen-bond donors (Lipinski definition) is 5. The minimum absolute atomic E-state index is 0.0250. The highest BCUT2D eigenvalue weighted by Gasteiger charge is 2.44. The number of nitrogens with two attached hydrogens (primary N) is 1. The predicted octanol–water partition coefficient (Wildman–Crippen LogP) is -2.34. The fourth-order valence-corrected chi connectivity index (χ4v) is 2.61. The second-order valence-electron chi connectivity index (χ2n) is 4.81. The quantitative estimate of drug-likeness (QED) is 0.389. The summed E-state index contributed by atoms with van der Waals surface area (Å²) in [6, 6.07) is 0. The summed E-state index contributed by atoms with van der Waals surface area (Å²) in [5.74, 6) is 0.00440. The van der Waals surface area contributed by atoms with Gasteiger partial charge in [-0.05, 0) is 0 Å². The summed E-state index contributed by atoms with van der Waals surface area (Å²) in [6.07, 6.45) is -4.75. The molecule has 3 rings (SSSR count). The topological polar surface area (TPSA) is 160 Å². The number of ether oxygens (including phenoxy) is 1. The number of fused-ring (bicyclic) bond motifs is 1. The van der Waals surface area contributed by atoms with Gasteiger partial charge in [-0.3, -0.25) is 14.3 Å². The van der Waals surface area contributed by atoms with E-state index < -0.39 is 36.7 Å². The van der Waals surface area contributed by atoms with Crippen molar-refractivity contribution in [3.05, 3.63) is 16.2 Å². The van der Waals surface area contributed by atoms with E-state index in [-0.39, 0.29) is 22.9 Å². The Morgan fingerprint density at radius 1 is 1.41 bits per heavy atom. The average Bonchev–Trinajstić information content (AvgIpc) is 2.98. The Balaban J connectivity index is 2.22. The smallest absolute Gasteiger partial charge is 0.280 e. The normalized spacial score (nSPS) is 28.3. The lowest BCUT2D eigenvalue weighted by Gasteiger charge is -2.18. The first-order valence-corrected chi connectivity index (χ1v) is 6.80. The van der Waals surface area contributed by atoms with Gasteiger partial charge in [0.15, 0.2) is 17.4 Å². The van der Waals surface area contributed by atoms with E-state index >= 15 is 0 Å². The van der Waals surface area contributed by atoms with Crippen molar-refractivity contribution in [1.29, 1.82) is 0 Å². The number of aliphatic hydroxyl groups excluding tert-OH is 3. The van der Waals surface area contributed by atoms with Crippen LogP contribution in [0.1, 0.15) is 12.1 Å². The van der Waals surface area contributed by atoms with Gasteiger partial charge in [-0.15, -0.1) is 0 Å². The molecule has 22 heavy (non-hydrogen) atoms. The van der Waals surface area contributed by atoms with Gasteiger partial charge in [0.2, 0.25) is 5.95 Å². The molecule has 0 amide bonds. The molecule has 0 aliphatic carbocycles. The van der Waals surface area contributed by atoms with E-state index in [1.807, 2.05) is 0 Å². The fourth-order valence-electron chi connectivity index (χ4n) is 2.45. The Hall–Kier alpha value is -1.92. The molecule has 0 bridgehead atoms. The summed E-state index contributed by atoms with van der Waals surface area (Å²) in [5, 5.41) is 30.3. The molecule has 0 spiro atoms. The Kier molecular flexibility index (Phi) is 3.66. The van der Waals surface area contributed by atoms with E-state index in [1.165, 1.54) is 9.93 Å². The van der Waals surface area contributed by atoms with Crippen LogP contribution in [0.5, 0.6) is 0 Å². The van der Waals surface area contributed by atoms with Crippen LogP contribution in [0.4, 0.5) is 5.95 Å². The van der Waals surface area contributed by atoms with Crippen LogP contribution in [-0.4, -0.2) is 65.1 Å². The summed E-state index contributed by atoms with van der Waals surface area (Å²) >= 11 is 4.86. The van der Waals surface area contributed by atoms with Crippen molar-refractivity contribution in [2.45, 2.75) is 24.5 Å². The van der Waals surface area contributed by atoms with Crippen molar-refractivity contribution >= 4 is 34.7 Å². The van der Waals surface area contributed by atoms with Crippen LogP contribution in [0, 0.1) is 0 Å². The Labute approximate surface area is 128 Å². The Morgan fingerprint density at radius 2 is 2.14 bits per heavy atom. The van der Waals surface area contributed by atoms with Crippen LogP contribution in [0.3, 0.4) is 0 Å². The molecule has 0 radical (unpaired) electrons. The SMILES string of the molecule is Nc1nc2c(nc(C=S)n2[C@@H]2O[C@H](CO)[C@@H](O)[C@H]2O)c(=O)[nH]1. The number of hydrogen-bond acceptors (Lipinski definition) is 9. The molecule has 1 fully saturated rings. The summed E-state index contributed by atoms with van der Waals surface area (Å²) in [4.78, 5) is 22.2. The number of anilines is 1. The van der Waals surface area contributed by atoms with Gasteiger partial charge < -0.3 is 25.8 Å². The Morgan fingerprint density at radius 3 is 2.73 bits per heavy atom. The fraction of sp³-hybridized carbons (Fsp3) is 0.455. The number of thiocarbonyl (C=S) groups is 1. The molecule has 2 aromatic rings. The first-order chi connectivity index (χ1) is 10.5. The van der Waals surface area contributed by atoms with E-state index in [2.05, 4.69) is 15.0 Å². The molecule has 0 unspecified atom stereocenters. The van der Waals surface area contributed by atoms with Crippen molar-refractivity contribution in [2.24, 2.45) is 0 Å². The summed E-state index contributed by atoms with van der Waals surface area (Å²) < 4.78 is 6.70. The lowest BCUT2D eigenvalue weighted by atomic mass is 10.1. The number of nitrogen functional groups attached to an aromatic ring is 1. The maximum absolute atomic E-state index is 11.9. The monoisotopic (exact) mass is 327 g/mol. The van der Waals surface area contributed by atoms with Crippen molar-refractivity contribution in [1.82, 2.24) is 19.5 Å². The highest BCUT2D eigenvalue weighted by molar-refractivity contribution is 7.79. The number of nitrogens with zero attached hydrogens (tertiary/aromatic N) is 3. The van der Waals surface area contributed by atoms with Gasteiger partial charge in [-0.25, -0.2) is 4.98 Å². The van der Waals surface area contributed by atoms with Crippen LogP contribution < -0.4 is 11.3 Å². The first-order valence-electron chi connectivity index (χ1n) is 6.33. The molecule has 4 atom stereocenters. The molecule has 6 N–H and O–H groups in total. The maximum Gasteiger partial charge on any atom is 0.280 e. The molecule has 2 aromatic heterocycles. The lowest BCUT2D eigenvalue weighted by molar-refractivity contribution is -0.0512. The molecule has 1 saturated heterocycles. The van der Waals surface area contributed by atoms with E-state index in [0.29, 0.717) is 0 Å². The summed E-state index contributed by atoms with van der Waals surface area (Å²) in [5.41, 5.74) is 5.00. The van der Waals surface area contributed by atoms with Crippen LogP contribution in [0.25, 0.3) is 11.2 Å². The molecule has 0 saturated carbocycles. The van der Waals surface area contributed by atoms with Crippen molar-refractivity contribution in [2.75, 3.05) is 12.3 Å². The summed E-state index contributed by atoms with van der Waals surface area (Å²) in [6.45, 7) is -0.482. The van der Waals surface area contributed by atoms with Crippen molar-refractivity contribution in [3.8, 4) is 0 Å². The molecular formula is C11H13N5O5S. The van der Waals surface area contributed by atoms with E-state index in [0.717, 1.165) is 0 Å². The molecular weight excluding hydrogens is 314 g/mol.